The average Bonchev–Trinajstić information content (AvgIpc) is 4.03. The molecule has 2 atom stereocenters. The SMILES string of the molecule is CCCCc1cc2c3c(c1)C1(C)CCCCC1(C)N3c1cc(N(c3ccccc3)c3ccccc3)cc3c1B2N(c1ccc(-c2ccccc2)cc1)c1cc2c(cc1-3)-c1cc3c(cc1C2(C)C)C(C)(C)CCC3(C)C. The van der Waals surface area contributed by atoms with Crippen molar-refractivity contribution < 1.29 is 0 Å². The van der Waals surface area contributed by atoms with E-state index in [2.05, 4.69) is 241 Å². The number of unbranched alkanes of at least 4 members (excludes halogenated alkanes) is 1. The highest BCUT2D eigenvalue weighted by Crippen LogP contribution is 2.64. The maximum Gasteiger partial charge on any atom is 0.333 e. The lowest BCUT2D eigenvalue weighted by molar-refractivity contribution is 0.195. The monoisotopic (exact) mass is 978 g/mol. The van der Waals surface area contributed by atoms with Crippen molar-refractivity contribution in [2.75, 3.05) is 14.6 Å². The van der Waals surface area contributed by atoms with Crippen LogP contribution >= 0.6 is 0 Å². The van der Waals surface area contributed by atoms with E-state index in [4.69, 9.17) is 0 Å². The second-order valence-corrected chi connectivity index (χ2v) is 25.7. The molecule has 0 N–H and O–H groups in total. The molecule has 8 aromatic rings. The molecule has 3 aliphatic carbocycles. The van der Waals surface area contributed by atoms with Crippen molar-refractivity contribution in [2.24, 2.45) is 0 Å². The Morgan fingerprint density at radius 2 is 1.09 bits per heavy atom. The Labute approximate surface area is 447 Å². The molecule has 2 unspecified atom stereocenters. The van der Waals surface area contributed by atoms with E-state index in [0.717, 1.165) is 24.2 Å². The molecule has 0 spiro atoms. The van der Waals surface area contributed by atoms with Gasteiger partial charge in [-0.05, 0) is 195 Å². The summed E-state index contributed by atoms with van der Waals surface area (Å²) in [6.45, 7) is 22.5. The second-order valence-electron chi connectivity index (χ2n) is 25.7. The minimum atomic E-state index is -0.205. The quantitative estimate of drug-likeness (QED) is 0.141. The van der Waals surface area contributed by atoms with Gasteiger partial charge in [0.15, 0.2) is 0 Å². The Balaban J connectivity index is 1.11. The molecule has 75 heavy (non-hydrogen) atoms. The number of fused-ring (bicyclic) bond motifs is 11. The number of anilines is 7. The molecule has 3 nitrogen and oxygen atoms in total. The van der Waals surface area contributed by atoms with Gasteiger partial charge in [-0.1, -0.05) is 172 Å². The number of aryl methyl sites for hydroxylation is 1. The van der Waals surface area contributed by atoms with Gasteiger partial charge in [-0.2, -0.15) is 0 Å². The van der Waals surface area contributed by atoms with E-state index in [1.807, 2.05) is 0 Å². The molecule has 3 heterocycles. The van der Waals surface area contributed by atoms with E-state index >= 15 is 0 Å². The molecule has 0 radical (unpaired) electrons. The molecule has 14 rings (SSSR count). The van der Waals surface area contributed by atoms with Crippen LogP contribution in [0, 0.1) is 0 Å². The number of benzene rings is 8. The van der Waals surface area contributed by atoms with Gasteiger partial charge in [-0.25, -0.2) is 0 Å². The third-order valence-electron chi connectivity index (χ3n) is 20.2. The summed E-state index contributed by atoms with van der Waals surface area (Å²) >= 11 is 0. The maximum absolute atomic E-state index is 2.93. The summed E-state index contributed by atoms with van der Waals surface area (Å²) in [5.41, 5.74) is 28.7. The summed E-state index contributed by atoms with van der Waals surface area (Å²) < 4.78 is 0. The topological polar surface area (TPSA) is 9.72 Å². The zero-order valence-corrected chi connectivity index (χ0v) is 45.9. The van der Waals surface area contributed by atoms with Crippen LogP contribution in [0.3, 0.4) is 0 Å². The van der Waals surface area contributed by atoms with Gasteiger partial charge in [-0.3, -0.25) is 0 Å². The van der Waals surface area contributed by atoms with Gasteiger partial charge < -0.3 is 14.6 Å². The molecule has 6 aliphatic rings. The van der Waals surface area contributed by atoms with Gasteiger partial charge in [0, 0.05) is 56.2 Å². The van der Waals surface area contributed by atoms with Gasteiger partial charge in [0.1, 0.15) is 0 Å². The van der Waals surface area contributed by atoms with Crippen molar-refractivity contribution in [3.8, 4) is 33.4 Å². The summed E-state index contributed by atoms with van der Waals surface area (Å²) in [4.78, 5) is 8.25. The van der Waals surface area contributed by atoms with Crippen molar-refractivity contribution in [2.45, 2.75) is 147 Å². The molecule has 8 aromatic carbocycles. The van der Waals surface area contributed by atoms with Crippen LogP contribution in [0.4, 0.5) is 39.8 Å². The third-order valence-corrected chi connectivity index (χ3v) is 20.2. The van der Waals surface area contributed by atoms with Crippen molar-refractivity contribution >= 4 is 57.6 Å². The summed E-state index contributed by atoms with van der Waals surface area (Å²) in [5.74, 6) is 0. The van der Waals surface area contributed by atoms with E-state index in [1.165, 1.54) is 140 Å². The van der Waals surface area contributed by atoms with Crippen molar-refractivity contribution in [3.63, 3.8) is 0 Å². The van der Waals surface area contributed by atoms with Crippen LogP contribution in [0.2, 0.25) is 0 Å². The smallest absolute Gasteiger partial charge is 0.333 e. The number of nitrogens with zero attached hydrogens (tertiary/aromatic N) is 3. The normalized spacial score (nSPS) is 21.3. The Morgan fingerprint density at radius 1 is 0.493 bits per heavy atom. The number of hydrogen-bond donors (Lipinski definition) is 0. The zero-order valence-electron chi connectivity index (χ0n) is 45.9. The predicted octanol–water partition coefficient (Wildman–Crippen LogP) is 17.8. The molecular formula is C71H72BN3. The van der Waals surface area contributed by atoms with Crippen LogP contribution in [0.25, 0.3) is 33.4 Å². The summed E-state index contributed by atoms with van der Waals surface area (Å²) in [7, 11) is 0. The Morgan fingerprint density at radius 3 is 1.76 bits per heavy atom. The summed E-state index contributed by atoms with van der Waals surface area (Å²) in [6, 6.07) is 63.9. The van der Waals surface area contributed by atoms with Crippen molar-refractivity contribution in [1.29, 1.82) is 0 Å². The first-order chi connectivity index (χ1) is 36.1. The molecule has 374 valence electrons. The average molecular weight is 978 g/mol. The lowest BCUT2D eigenvalue weighted by atomic mass is 9.43. The first kappa shape index (κ1) is 46.7. The molecule has 4 heteroatoms. The zero-order chi connectivity index (χ0) is 51.4. The number of rotatable bonds is 8. The lowest BCUT2D eigenvalue weighted by Gasteiger charge is -2.53. The predicted molar refractivity (Wildman–Crippen MR) is 320 cm³/mol. The molecule has 1 fully saturated rings. The second kappa shape index (κ2) is 16.4. The van der Waals surface area contributed by atoms with E-state index in [-0.39, 0.29) is 34.0 Å². The maximum atomic E-state index is 2.93. The third kappa shape index (κ3) is 6.60. The molecular weight excluding hydrogens is 906 g/mol. The lowest BCUT2D eigenvalue weighted by Crippen LogP contribution is -2.64. The van der Waals surface area contributed by atoms with E-state index in [0.29, 0.717) is 0 Å². The molecule has 1 saturated carbocycles. The van der Waals surface area contributed by atoms with Gasteiger partial charge in [0.25, 0.3) is 0 Å². The van der Waals surface area contributed by atoms with Crippen molar-refractivity contribution in [3.05, 3.63) is 197 Å². The highest BCUT2D eigenvalue weighted by molar-refractivity contribution is 6.93. The van der Waals surface area contributed by atoms with E-state index in [9.17, 15) is 0 Å². The number of hydrogen-bond acceptors (Lipinski definition) is 3. The van der Waals surface area contributed by atoms with Gasteiger partial charge in [0.2, 0.25) is 0 Å². The van der Waals surface area contributed by atoms with E-state index in [1.54, 1.807) is 11.1 Å². The number of para-hydroxylation sites is 2. The van der Waals surface area contributed by atoms with Crippen LogP contribution in [-0.2, 0) is 28.1 Å². The fourth-order valence-electron chi connectivity index (χ4n) is 15.6. The Bertz CT molecular complexity index is 3570. The minimum absolute atomic E-state index is 0.0160. The largest absolute Gasteiger partial charge is 0.376 e. The molecule has 3 aliphatic heterocycles. The van der Waals surface area contributed by atoms with Gasteiger partial charge >= 0.3 is 6.85 Å². The molecule has 0 bridgehead atoms. The Hall–Kier alpha value is -6.78. The first-order valence-electron chi connectivity index (χ1n) is 28.5. The van der Waals surface area contributed by atoms with Crippen LogP contribution in [0.15, 0.2) is 164 Å². The van der Waals surface area contributed by atoms with E-state index < -0.39 is 0 Å². The van der Waals surface area contributed by atoms with Crippen LogP contribution in [0.5, 0.6) is 0 Å². The molecule has 0 amide bonds. The Kier molecular flexibility index (Phi) is 10.2. The van der Waals surface area contributed by atoms with Crippen molar-refractivity contribution in [1.82, 2.24) is 0 Å². The van der Waals surface area contributed by atoms with Crippen LogP contribution in [0.1, 0.15) is 147 Å². The van der Waals surface area contributed by atoms with Gasteiger partial charge in [-0.15, -0.1) is 0 Å². The fraction of sp³-hybridized carbons (Fsp3) is 0.324. The molecule has 0 saturated heterocycles. The highest BCUT2D eigenvalue weighted by Gasteiger charge is 2.62. The molecule has 0 aromatic heterocycles. The first-order valence-corrected chi connectivity index (χ1v) is 28.5. The standard InChI is InChI=1S/C71H72BN3/c1-10-11-23-46-38-61-66-62(39-46)72-65-56(40-52(41-64(65)74(66)71(9)35-22-21-34-70(61,71)8)73(49-26-17-13-18-27-49)50-28-19-14-20-29-50)55-42-53-54-43-59-60(68(4,5)37-36-67(59,2)3)44-57(54)69(6,7)58(53)45-63(55)75(72)51-32-30-48(31-33-51)47-24-15-12-16-25-47/h12-20,24-33,38-45H,10-11,21-23,34-37H2,1-9H3. The van der Waals surface area contributed by atoms with Gasteiger partial charge in [0.05, 0.1) is 5.54 Å². The summed E-state index contributed by atoms with van der Waals surface area (Å²) in [5, 5.41) is 0. The summed E-state index contributed by atoms with van der Waals surface area (Å²) in [6.07, 6.45) is 10.7. The minimum Gasteiger partial charge on any atom is -0.376 e. The fourth-order valence-corrected chi connectivity index (χ4v) is 15.6. The van der Waals surface area contributed by atoms with Crippen LogP contribution in [-0.4, -0.2) is 12.4 Å². The highest BCUT2D eigenvalue weighted by atomic mass is 15.3. The van der Waals surface area contributed by atoms with Crippen LogP contribution < -0.4 is 25.5 Å².